The van der Waals surface area contributed by atoms with Gasteiger partial charge in [-0.2, -0.15) is 0 Å². The van der Waals surface area contributed by atoms with Gasteiger partial charge in [0.05, 0.1) is 0 Å². The Morgan fingerprint density at radius 2 is 1.69 bits per heavy atom. The highest BCUT2D eigenvalue weighted by molar-refractivity contribution is 5.90. The zero-order valence-electron chi connectivity index (χ0n) is 16.5. The molecular formula is C21H27N3O5. The van der Waals surface area contributed by atoms with Crippen LogP contribution in [0.25, 0.3) is 0 Å². The molecule has 3 heterocycles. The number of nitrogens with zero attached hydrogens (tertiary/aromatic N) is 2. The maximum Gasteiger partial charge on any atom is 0.321 e. The number of anilines is 1. The summed E-state index contributed by atoms with van der Waals surface area (Å²) in [6.45, 7) is 2.76. The van der Waals surface area contributed by atoms with Crippen LogP contribution < -0.4 is 14.8 Å². The number of benzene rings is 1. The molecule has 1 aliphatic carbocycles. The lowest BCUT2D eigenvalue weighted by molar-refractivity contribution is -0.142. The van der Waals surface area contributed by atoms with Crippen LogP contribution in [0.5, 0.6) is 11.5 Å². The Kier molecular flexibility index (Phi) is 4.73. The Morgan fingerprint density at radius 3 is 2.41 bits per heavy atom. The highest BCUT2D eigenvalue weighted by Crippen LogP contribution is 2.47. The molecule has 3 fully saturated rings. The van der Waals surface area contributed by atoms with Gasteiger partial charge in [0.1, 0.15) is 6.10 Å². The number of amides is 3. The molecule has 0 radical (unpaired) electrons. The van der Waals surface area contributed by atoms with Crippen molar-refractivity contribution in [3.63, 3.8) is 0 Å². The van der Waals surface area contributed by atoms with Crippen LogP contribution in [0.2, 0.25) is 0 Å². The first kappa shape index (κ1) is 18.5. The monoisotopic (exact) mass is 401 g/mol. The number of fused-ring (bicyclic) bond motifs is 1. The molecule has 1 aromatic rings. The minimum Gasteiger partial charge on any atom is -0.448 e. The Hall–Kier alpha value is -2.48. The summed E-state index contributed by atoms with van der Waals surface area (Å²) in [6.07, 6.45) is 5.46. The van der Waals surface area contributed by atoms with Crippen molar-refractivity contribution >= 4 is 17.6 Å². The number of hydrogen-bond donors (Lipinski definition) is 1. The summed E-state index contributed by atoms with van der Waals surface area (Å²) in [5.41, 5.74) is 0.685. The van der Waals surface area contributed by atoms with E-state index < -0.39 is 5.79 Å². The molecule has 1 saturated carbocycles. The number of nitrogens with one attached hydrogen (secondary N) is 1. The predicted octanol–water partition coefficient (Wildman–Crippen LogP) is 2.58. The average molecular weight is 401 g/mol. The van der Waals surface area contributed by atoms with Crippen LogP contribution >= 0.6 is 0 Å². The lowest BCUT2D eigenvalue weighted by atomic mass is 10.2. The second-order valence-electron chi connectivity index (χ2n) is 8.23. The first-order chi connectivity index (χ1) is 14.1. The molecule has 1 N–H and O–H groups in total. The Bertz CT molecular complexity index is 794. The number of carbonyl (C=O) groups excluding carboxylic acids is 2. The Morgan fingerprint density at radius 1 is 0.966 bits per heavy atom. The summed E-state index contributed by atoms with van der Waals surface area (Å²) < 4.78 is 17.6. The van der Waals surface area contributed by atoms with Crippen LogP contribution in [0.15, 0.2) is 18.2 Å². The van der Waals surface area contributed by atoms with Gasteiger partial charge in [0.2, 0.25) is 0 Å². The molecule has 1 atom stereocenters. The van der Waals surface area contributed by atoms with Gasteiger partial charge in [-0.15, -0.1) is 0 Å². The molecule has 156 valence electrons. The van der Waals surface area contributed by atoms with Crippen LogP contribution in [0.1, 0.15) is 38.5 Å². The molecule has 3 amide bonds. The average Bonchev–Trinajstić information content (AvgIpc) is 3.48. The second-order valence-corrected chi connectivity index (χ2v) is 8.23. The molecule has 8 heteroatoms. The van der Waals surface area contributed by atoms with Crippen molar-refractivity contribution in [1.29, 1.82) is 0 Å². The summed E-state index contributed by atoms with van der Waals surface area (Å²) >= 11 is 0. The van der Waals surface area contributed by atoms with Crippen molar-refractivity contribution in [3.05, 3.63) is 18.2 Å². The van der Waals surface area contributed by atoms with E-state index in [9.17, 15) is 9.59 Å². The molecule has 29 heavy (non-hydrogen) atoms. The van der Waals surface area contributed by atoms with Gasteiger partial charge in [-0.25, -0.2) is 4.79 Å². The molecule has 0 unspecified atom stereocenters. The molecule has 4 aliphatic rings. The van der Waals surface area contributed by atoms with E-state index >= 15 is 0 Å². The third-order valence-electron chi connectivity index (χ3n) is 6.24. The van der Waals surface area contributed by atoms with Crippen LogP contribution in [0, 0.1) is 0 Å². The van der Waals surface area contributed by atoms with Gasteiger partial charge in [-0.1, -0.05) is 0 Å². The van der Waals surface area contributed by atoms with Crippen molar-refractivity contribution in [2.75, 3.05) is 38.1 Å². The maximum absolute atomic E-state index is 12.7. The largest absolute Gasteiger partial charge is 0.448 e. The zero-order valence-corrected chi connectivity index (χ0v) is 16.5. The number of piperazine rings is 1. The fourth-order valence-corrected chi connectivity index (χ4v) is 4.60. The third kappa shape index (κ3) is 3.61. The van der Waals surface area contributed by atoms with E-state index in [1.54, 1.807) is 9.80 Å². The molecular weight excluding hydrogens is 374 g/mol. The van der Waals surface area contributed by atoms with Crippen molar-refractivity contribution in [2.24, 2.45) is 0 Å². The lowest BCUT2D eigenvalue weighted by Crippen LogP contribution is -2.53. The summed E-state index contributed by atoms with van der Waals surface area (Å²) in [5, 5.41) is 2.94. The van der Waals surface area contributed by atoms with E-state index in [-0.39, 0.29) is 18.0 Å². The molecule has 8 nitrogen and oxygen atoms in total. The number of rotatable bonds is 2. The quantitative estimate of drug-likeness (QED) is 0.824. The Labute approximate surface area is 170 Å². The van der Waals surface area contributed by atoms with Gasteiger partial charge in [-0.05, 0) is 37.8 Å². The fraction of sp³-hybridized carbons (Fsp3) is 0.619. The van der Waals surface area contributed by atoms with Gasteiger partial charge < -0.3 is 29.3 Å². The molecule has 0 bridgehead atoms. The zero-order chi connectivity index (χ0) is 19.8. The fourth-order valence-electron chi connectivity index (χ4n) is 4.60. The van der Waals surface area contributed by atoms with E-state index in [2.05, 4.69) is 5.32 Å². The van der Waals surface area contributed by atoms with Crippen molar-refractivity contribution in [1.82, 2.24) is 9.80 Å². The molecule has 2 saturated heterocycles. The van der Waals surface area contributed by atoms with E-state index in [0.29, 0.717) is 44.2 Å². The molecule has 5 rings (SSSR count). The lowest BCUT2D eigenvalue weighted by Gasteiger charge is -2.35. The van der Waals surface area contributed by atoms with E-state index in [4.69, 9.17) is 14.2 Å². The summed E-state index contributed by atoms with van der Waals surface area (Å²) in [6, 6.07) is 5.36. The summed E-state index contributed by atoms with van der Waals surface area (Å²) in [4.78, 5) is 28.6. The molecule has 1 aromatic carbocycles. The van der Waals surface area contributed by atoms with Crippen LogP contribution in [-0.4, -0.2) is 66.4 Å². The number of hydrogen-bond acceptors (Lipinski definition) is 5. The number of ether oxygens (including phenoxy) is 3. The molecule has 1 spiro atoms. The SMILES string of the molecule is O=C(Nc1ccc2c(c1)OC1(CCCC1)O2)N1CCN(C(=O)[C@H]2CCCO2)CC1. The van der Waals surface area contributed by atoms with E-state index in [1.165, 1.54) is 0 Å². The molecule has 0 aromatic heterocycles. The smallest absolute Gasteiger partial charge is 0.321 e. The Balaban J connectivity index is 1.15. The van der Waals surface area contributed by atoms with Crippen molar-refractivity contribution < 1.29 is 23.8 Å². The van der Waals surface area contributed by atoms with E-state index in [0.717, 1.165) is 44.3 Å². The van der Waals surface area contributed by atoms with Crippen LogP contribution in [0.3, 0.4) is 0 Å². The predicted molar refractivity (Wildman–Crippen MR) is 105 cm³/mol. The highest BCUT2D eigenvalue weighted by atomic mass is 16.7. The van der Waals surface area contributed by atoms with Crippen LogP contribution in [-0.2, 0) is 9.53 Å². The number of urea groups is 1. The van der Waals surface area contributed by atoms with Gasteiger partial charge in [0.25, 0.3) is 11.7 Å². The topological polar surface area (TPSA) is 80.3 Å². The van der Waals surface area contributed by atoms with Crippen LogP contribution in [0.4, 0.5) is 10.5 Å². The first-order valence-corrected chi connectivity index (χ1v) is 10.6. The minimum absolute atomic E-state index is 0.0548. The van der Waals surface area contributed by atoms with Crippen molar-refractivity contribution in [3.8, 4) is 11.5 Å². The normalized spacial score (nSPS) is 24.9. The third-order valence-corrected chi connectivity index (χ3v) is 6.24. The highest BCUT2D eigenvalue weighted by Gasteiger charge is 2.44. The van der Waals surface area contributed by atoms with Gasteiger partial charge in [0, 0.05) is 57.4 Å². The minimum atomic E-state index is -0.503. The second kappa shape index (κ2) is 7.40. The first-order valence-electron chi connectivity index (χ1n) is 10.6. The van der Waals surface area contributed by atoms with Crippen molar-refractivity contribution in [2.45, 2.75) is 50.4 Å². The van der Waals surface area contributed by atoms with Gasteiger partial charge >= 0.3 is 6.03 Å². The number of carbonyl (C=O) groups is 2. The summed E-state index contributed by atoms with van der Waals surface area (Å²) in [5.74, 6) is 0.985. The van der Waals surface area contributed by atoms with E-state index in [1.807, 2.05) is 18.2 Å². The van der Waals surface area contributed by atoms with Gasteiger partial charge in [-0.3, -0.25) is 4.79 Å². The standard InChI is InChI=1S/C21H27N3O5/c25-19(17-4-3-13-27-17)23-9-11-24(12-10-23)20(26)22-15-5-6-16-18(14-15)29-21(28-16)7-1-2-8-21/h5-6,14,17H,1-4,7-13H2,(H,22,26)/t17-/m1/s1. The summed E-state index contributed by atoms with van der Waals surface area (Å²) in [7, 11) is 0. The molecule has 3 aliphatic heterocycles. The van der Waals surface area contributed by atoms with Gasteiger partial charge in [0.15, 0.2) is 11.5 Å². The maximum atomic E-state index is 12.7.